The molecule has 112 valence electrons. The van der Waals surface area contributed by atoms with Crippen LogP contribution in [-0.4, -0.2) is 13.4 Å². The van der Waals surface area contributed by atoms with Crippen LogP contribution in [0.4, 0.5) is 0 Å². The second kappa shape index (κ2) is 6.39. The summed E-state index contributed by atoms with van der Waals surface area (Å²) in [6.45, 7) is 0. The molecule has 4 nitrogen and oxygen atoms in total. The second-order valence-electron chi connectivity index (χ2n) is 4.65. The van der Waals surface area contributed by atoms with Crippen molar-refractivity contribution in [1.29, 1.82) is 0 Å². The van der Waals surface area contributed by atoms with Gasteiger partial charge in [0.15, 0.2) is 0 Å². The number of sulfonamides is 1. The van der Waals surface area contributed by atoms with E-state index in [1.807, 2.05) is 42.5 Å². The minimum absolute atomic E-state index is 0.296. The van der Waals surface area contributed by atoms with Gasteiger partial charge in [-0.3, -0.25) is 4.98 Å². The molecule has 22 heavy (non-hydrogen) atoms. The lowest BCUT2D eigenvalue weighted by atomic mass is 10.0. The number of rotatable bonds is 5. The summed E-state index contributed by atoms with van der Waals surface area (Å²) in [5.41, 5.74) is 1.51. The van der Waals surface area contributed by atoms with E-state index in [0.29, 0.717) is 9.90 Å². The SMILES string of the molecule is O=S(=O)(N[C@@H](c1ccccc1)c1ccccn1)c1cccs1. The first-order valence-electron chi connectivity index (χ1n) is 6.68. The molecular weight excluding hydrogens is 316 g/mol. The van der Waals surface area contributed by atoms with Crippen LogP contribution in [-0.2, 0) is 10.0 Å². The van der Waals surface area contributed by atoms with Crippen molar-refractivity contribution in [1.82, 2.24) is 9.71 Å². The number of benzene rings is 1. The average Bonchev–Trinajstić information content (AvgIpc) is 3.10. The van der Waals surface area contributed by atoms with Crippen molar-refractivity contribution < 1.29 is 8.42 Å². The van der Waals surface area contributed by atoms with E-state index in [0.717, 1.165) is 5.56 Å². The maximum Gasteiger partial charge on any atom is 0.250 e. The zero-order valence-electron chi connectivity index (χ0n) is 11.6. The number of nitrogens with zero attached hydrogens (tertiary/aromatic N) is 1. The second-order valence-corrected chi connectivity index (χ2v) is 7.54. The maximum atomic E-state index is 12.5. The van der Waals surface area contributed by atoms with E-state index in [2.05, 4.69) is 9.71 Å². The molecule has 1 atom stereocenters. The largest absolute Gasteiger partial charge is 0.259 e. The Balaban J connectivity index is 2.00. The standard InChI is InChI=1S/C16H14N2O2S2/c19-22(20,15-10-6-12-21-15)18-16(13-7-2-1-3-8-13)14-9-4-5-11-17-14/h1-12,16,18H/t16-/m0/s1. The molecule has 3 aromatic rings. The third-order valence-corrected chi connectivity index (χ3v) is 5.97. The van der Waals surface area contributed by atoms with Gasteiger partial charge in [-0.25, -0.2) is 8.42 Å². The van der Waals surface area contributed by atoms with Gasteiger partial charge in [0.1, 0.15) is 4.21 Å². The maximum absolute atomic E-state index is 12.5. The van der Waals surface area contributed by atoms with Crippen LogP contribution >= 0.6 is 11.3 Å². The molecule has 0 saturated carbocycles. The summed E-state index contributed by atoms with van der Waals surface area (Å²) in [6, 6.07) is 17.7. The Morgan fingerprint density at radius 3 is 2.36 bits per heavy atom. The topological polar surface area (TPSA) is 59.1 Å². The molecule has 0 radical (unpaired) electrons. The number of nitrogens with one attached hydrogen (secondary N) is 1. The first-order valence-corrected chi connectivity index (χ1v) is 9.05. The van der Waals surface area contributed by atoms with Gasteiger partial charge in [0.2, 0.25) is 0 Å². The van der Waals surface area contributed by atoms with Crippen molar-refractivity contribution in [3.8, 4) is 0 Å². The van der Waals surface area contributed by atoms with Crippen LogP contribution in [0, 0.1) is 0 Å². The van der Waals surface area contributed by atoms with Crippen LogP contribution in [0.3, 0.4) is 0 Å². The molecule has 0 saturated heterocycles. The molecule has 6 heteroatoms. The predicted octanol–water partition coefficient (Wildman–Crippen LogP) is 3.21. The Bertz CT molecular complexity index is 778. The molecule has 0 aliphatic heterocycles. The zero-order valence-corrected chi connectivity index (χ0v) is 13.2. The molecule has 0 aliphatic rings. The molecular formula is C16H14N2O2S2. The minimum Gasteiger partial charge on any atom is -0.259 e. The summed E-state index contributed by atoms with van der Waals surface area (Å²) in [6.07, 6.45) is 1.66. The molecule has 0 amide bonds. The minimum atomic E-state index is -3.58. The highest BCUT2D eigenvalue weighted by Crippen LogP contribution is 2.24. The summed E-state index contributed by atoms with van der Waals surface area (Å²) in [5, 5.41) is 1.74. The Morgan fingerprint density at radius 2 is 1.73 bits per heavy atom. The third-order valence-electron chi connectivity index (χ3n) is 3.15. The van der Waals surface area contributed by atoms with Crippen molar-refractivity contribution in [2.24, 2.45) is 0 Å². The molecule has 0 unspecified atom stereocenters. The summed E-state index contributed by atoms with van der Waals surface area (Å²) in [7, 11) is -3.58. The van der Waals surface area contributed by atoms with Gasteiger partial charge in [0.25, 0.3) is 10.0 Å². The van der Waals surface area contributed by atoms with Gasteiger partial charge < -0.3 is 0 Å². The van der Waals surface area contributed by atoms with Crippen molar-refractivity contribution >= 4 is 21.4 Å². The summed E-state index contributed by atoms with van der Waals surface area (Å²) in [5.74, 6) is 0. The van der Waals surface area contributed by atoms with Gasteiger partial charge in [0, 0.05) is 6.20 Å². The monoisotopic (exact) mass is 330 g/mol. The normalized spacial score (nSPS) is 12.9. The fraction of sp³-hybridized carbons (Fsp3) is 0.0625. The van der Waals surface area contributed by atoms with Gasteiger partial charge in [0.05, 0.1) is 11.7 Å². The fourth-order valence-electron chi connectivity index (χ4n) is 2.12. The van der Waals surface area contributed by atoms with E-state index < -0.39 is 16.1 Å². The van der Waals surface area contributed by atoms with E-state index in [1.54, 1.807) is 29.8 Å². The lowest BCUT2D eigenvalue weighted by Gasteiger charge is -2.18. The van der Waals surface area contributed by atoms with Gasteiger partial charge >= 0.3 is 0 Å². The number of pyridine rings is 1. The molecule has 1 aromatic carbocycles. The molecule has 1 N–H and O–H groups in total. The molecule has 3 rings (SSSR count). The zero-order chi connectivity index (χ0) is 15.4. The summed E-state index contributed by atoms with van der Waals surface area (Å²) in [4.78, 5) is 4.30. The lowest BCUT2D eigenvalue weighted by molar-refractivity contribution is 0.572. The number of thiophene rings is 1. The first-order chi connectivity index (χ1) is 10.7. The third kappa shape index (κ3) is 3.24. The molecule has 0 fully saturated rings. The van der Waals surface area contributed by atoms with Crippen LogP contribution in [0.5, 0.6) is 0 Å². The quantitative estimate of drug-likeness (QED) is 0.781. The van der Waals surface area contributed by atoms with Crippen molar-refractivity contribution in [2.45, 2.75) is 10.3 Å². The Kier molecular flexibility index (Phi) is 4.33. The summed E-state index contributed by atoms with van der Waals surface area (Å²) < 4.78 is 28.1. The van der Waals surface area contributed by atoms with Crippen LogP contribution < -0.4 is 4.72 Å². The van der Waals surface area contributed by atoms with Crippen LogP contribution in [0.2, 0.25) is 0 Å². The smallest absolute Gasteiger partial charge is 0.250 e. The van der Waals surface area contributed by atoms with E-state index in [9.17, 15) is 8.42 Å². The predicted molar refractivity (Wildman–Crippen MR) is 87.2 cm³/mol. The highest BCUT2D eigenvalue weighted by Gasteiger charge is 2.24. The lowest BCUT2D eigenvalue weighted by Crippen LogP contribution is -2.29. The summed E-state index contributed by atoms with van der Waals surface area (Å²) >= 11 is 1.19. The van der Waals surface area contributed by atoms with E-state index in [1.165, 1.54) is 11.3 Å². The van der Waals surface area contributed by atoms with Crippen LogP contribution in [0.25, 0.3) is 0 Å². The Labute approximate surface area is 133 Å². The molecule has 0 bridgehead atoms. The van der Waals surface area contributed by atoms with Gasteiger partial charge in [-0.1, -0.05) is 42.5 Å². The van der Waals surface area contributed by atoms with Crippen LogP contribution in [0.1, 0.15) is 17.3 Å². The highest BCUT2D eigenvalue weighted by atomic mass is 32.2. The van der Waals surface area contributed by atoms with Crippen molar-refractivity contribution in [2.75, 3.05) is 0 Å². The van der Waals surface area contributed by atoms with E-state index in [4.69, 9.17) is 0 Å². The number of aromatic nitrogens is 1. The molecule has 0 spiro atoms. The van der Waals surface area contributed by atoms with Crippen molar-refractivity contribution in [3.63, 3.8) is 0 Å². The van der Waals surface area contributed by atoms with E-state index >= 15 is 0 Å². The van der Waals surface area contributed by atoms with Gasteiger partial charge in [-0.2, -0.15) is 4.72 Å². The van der Waals surface area contributed by atoms with Gasteiger partial charge in [-0.05, 0) is 29.1 Å². The molecule has 2 heterocycles. The average molecular weight is 330 g/mol. The number of hydrogen-bond donors (Lipinski definition) is 1. The number of hydrogen-bond acceptors (Lipinski definition) is 4. The Morgan fingerprint density at radius 1 is 0.955 bits per heavy atom. The fourth-order valence-corrected chi connectivity index (χ4v) is 4.33. The molecule has 0 aliphatic carbocycles. The Hall–Kier alpha value is -2.02. The first kappa shape index (κ1) is 14.9. The van der Waals surface area contributed by atoms with Crippen molar-refractivity contribution in [3.05, 3.63) is 83.5 Å². The highest BCUT2D eigenvalue weighted by molar-refractivity contribution is 7.91. The van der Waals surface area contributed by atoms with Gasteiger partial charge in [-0.15, -0.1) is 11.3 Å². The molecule has 2 aromatic heterocycles. The van der Waals surface area contributed by atoms with Crippen LogP contribution in [0.15, 0.2) is 76.4 Å². The van der Waals surface area contributed by atoms with E-state index in [-0.39, 0.29) is 0 Å².